The van der Waals surface area contributed by atoms with Crippen LogP contribution in [0.25, 0.3) is 28.2 Å². The van der Waals surface area contributed by atoms with Crippen molar-refractivity contribution in [2.45, 2.75) is 13.0 Å². The van der Waals surface area contributed by atoms with Crippen molar-refractivity contribution in [3.63, 3.8) is 0 Å². The topological polar surface area (TPSA) is 85.8 Å². The van der Waals surface area contributed by atoms with Crippen molar-refractivity contribution in [1.29, 1.82) is 0 Å². The number of hydrogen-bond acceptors (Lipinski definition) is 8. The first-order valence-corrected chi connectivity index (χ1v) is 15.7. The van der Waals surface area contributed by atoms with E-state index in [1.807, 2.05) is 72.6 Å². The number of nitrogens with zero attached hydrogens (tertiary/aromatic N) is 8. The van der Waals surface area contributed by atoms with Crippen LogP contribution in [0.3, 0.4) is 0 Å². The predicted octanol–water partition coefficient (Wildman–Crippen LogP) is 4.99. The van der Waals surface area contributed by atoms with Gasteiger partial charge in [0.15, 0.2) is 0 Å². The zero-order valence-corrected chi connectivity index (χ0v) is 26.3. The Kier molecular flexibility index (Phi) is 8.71. The standard InChI is InChI=1S/C36H38N8O2/c1-41-14-16-43(17-15-41)18-19-45-31-12-13-44-33(24-37-35(44)21-31)32-22-36(40-34(39-32)20-27-6-4-3-5-7-27)46-26-28-8-10-29(11-9-28)30-23-38-42(2)25-30/h3-13,21-25H,14-20,26H2,1-2H3. The van der Waals surface area contributed by atoms with Crippen LogP contribution in [0.15, 0.2) is 97.6 Å². The summed E-state index contributed by atoms with van der Waals surface area (Å²) >= 11 is 0. The molecular formula is C36H38N8O2. The second-order valence-electron chi connectivity index (χ2n) is 11.8. The number of aromatic nitrogens is 6. The summed E-state index contributed by atoms with van der Waals surface area (Å²) < 4.78 is 16.2. The number of rotatable bonds is 11. The number of benzene rings is 2. The van der Waals surface area contributed by atoms with E-state index in [0.717, 1.165) is 77.8 Å². The van der Waals surface area contributed by atoms with Gasteiger partial charge in [0, 0.05) is 76.3 Å². The summed E-state index contributed by atoms with van der Waals surface area (Å²) in [5.74, 6) is 2.01. The summed E-state index contributed by atoms with van der Waals surface area (Å²) in [6.07, 6.45) is 8.30. The van der Waals surface area contributed by atoms with Crippen molar-refractivity contribution < 1.29 is 9.47 Å². The normalized spacial score (nSPS) is 14.1. The summed E-state index contributed by atoms with van der Waals surface area (Å²) in [4.78, 5) is 19.2. The first kappa shape index (κ1) is 29.6. The van der Waals surface area contributed by atoms with Crippen LogP contribution in [0.5, 0.6) is 11.6 Å². The van der Waals surface area contributed by atoms with Gasteiger partial charge in [-0.2, -0.15) is 10.1 Å². The number of imidazole rings is 1. The molecule has 4 aromatic heterocycles. The minimum Gasteiger partial charge on any atom is -0.492 e. The molecule has 234 valence electrons. The maximum Gasteiger partial charge on any atom is 0.217 e. The fourth-order valence-electron chi connectivity index (χ4n) is 5.66. The molecule has 5 heterocycles. The Hall–Kier alpha value is -5.06. The number of ether oxygens (including phenoxy) is 2. The number of pyridine rings is 1. The van der Waals surface area contributed by atoms with Crippen LogP contribution in [-0.2, 0) is 20.1 Å². The lowest BCUT2D eigenvalue weighted by molar-refractivity contribution is 0.134. The van der Waals surface area contributed by atoms with Crippen LogP contribution in [0.1, 0.15) is 17.0 Å². The molecule has 0 radical (unpaired) electrons. The van der Waals surface area contributed by atoms with Gasteiger partial charge in [-0.1, -0.05) is 54.6 Å². The van der Waals surface area contributed by atoms with E-state index in [2.05, 4.69) is 58.3 Å². The molecule has 0 saturated carbocycles. The summed E-state index contributed by atoms with van der Waals surface area (Å²) in [6, 6.07) is 24.4. The number of fused-ring (bicyclic) bond motifs is 1. The van der Waals surface area contributed by atoms with Gasteiger partial charge in [-0.25, -0.2) is 9.97 Å². The molecule has 1 aliphatic rings. The highest BCUT2D eigenvalue weighted by Crippen LogP contribution is 2.26. The minimum absolute atomic E-state index is 0.385. The highest BCUT2D eigenvalue weighted by Gasteiger charge is 2.15. The van der Waals surface area contributed by atoms with Crippen molar-refractivity contribution >= 4 is 5.65 Å². The van der Waals surface area contributed by atoms with Crippen LogP contribution in [-0.4, -0.2) is 85.3 Å². The summed E-state index contributed by atoms with van der Waals surface area (Å²) in [7, 11) is 4.09. The smallest absolute Gasteiger partial charge is 0.217 e. The van der Waals surface area contributed by atoms with E-state index in [1.54, 1.807) is 4.68 Å². The molecule has 0 spiro atoms. The van der Waals surface area contributed by atoms with E-state index in [-0.39, 0.29) is 0 Å². The Morgan fingerprint density at radius 2 is 1.61 bits per heavy atom. The molecule has 0 aliphatic carbocycles. The third-order valence-corrected chi connectivity index (χ3v) is 8.35. The highest BCUT2D eigenvalue weighted by atomic mass is 16.5. The molecule has 1 saturated heterocycles. The molecule has 46 heavy (non-hydrogen) atoms. The molecule has 0 amide bonds. The fraction of sp³-hybridized carbons (Fsp3) is 0.278. The van der Waals surface area contributed by atoms with E-state index in [4.69, 9.17) is 24.4 Å². The first-order valence-electron chi connectivity index (χ1n) is 15.7. The maximum absolute atomic E-state index is 6.27. The molecule has 0 unspecified atom stereocenters. The molecule has 10 heteroatoms. The molecular weight excluding hydrogens is 576 g/mol. The second-order valence-corrected chi connectivity index (χ2v) is 11.8. The molecule has 1 aliphatic heterocycles. The fourth-order valence-corrected chi connectivity index (χ4v) is 5.66. The average Bonchev–Trinajstić information content (AvgIpc) is 3.71. The van der Waals surface area contributed by atoms with Crippen molar-refractivity contribution in [3.8, 4) is 34.1 Å². The number of aryl methyl sites for hydroxylation is 1. The van der Waals surface area contributed by atoms with Gasteiger partial charge in [0.05, 0.1) is 23.8 Å². The highest BCUT2D eigenvalue weighted by molar-refractivity contribution is 5.63. The van der Waals surface area contributed by atoms with Gasteiger partial charge in [-0.3, -0.25) is 14.0 Å². The molecule has 6 aromatic rings. The van der Waals surface area contributed by atoms with E-state index in [9.17, 15) is 0 Å². The number of piperazine rings is 1. The van der Waals surface area contributed by atoms with Gasteiger partial charge in [0.1, 0.15) is 30.4 Å². The average molecular weight is 615 g/mol. The third kappa shape index (κ3) is 7.09. The molecule has 1 fully saturated rings. The third-order valence-electron chi connectivity index (χ3n) is 8.35. The minimum atomic E-state index is 0.385. The quantitative estimate of drug-likeness (QED) is 0.202. The first-order chi connectivity index (χ1) is 22.6. The molecule has 2 aromatic carbocycles. The molecule has 0 bridgehead atoms. The molecule has 10 nitrogen and oxygen atoms in total. The summed E-state index contributed by atoms with van der Waals surface area (Å²) in [5.41, 5.74) is 6.79. The van der Waals surface area contributed by atoms with E-state index in [0.29, 0.717) is 31.3 Å². The Balaban J connectivity index is 1.09. The van der Waals surface area contributed by atoms with Gasteiger partial charge >= 0.3 is 0 Å². The molecule has 0 atom stereocenters. The zero-order chi connectivity index (χ0) is 31.3. The lowest BCUT2D eigenvalue weighted by atomic mass is 10.1. The lowest BCUT2D eigenvalue weighted by Gasteiger charge is -2.32. The van der Waals surface area contributed by atoms with E-state index >= 15 is 0 Å². The Labute approximate surface area is 268 Å². The number of hydrogen-bond donors (Lipinski definition) is 0. The zero-order valence-electron chi connectivity index (χ0n) is 26.3. The van der Waals surface area contributed by atoms with Crippen LogP contribution >= 0.6 is 0 Å². The molecule has 7 rings (SSSR count). The number of likely N-dealkylation sites (N-methyl/N-ethyl adjacent to an activating group) is 1. The Morgan fingerprint density at radius 3 is 2.39 bits per heavy atom. The predicted molar refractivity (Wildman–Crippen MR) is 178 cm³/mol. The monoisotopic (exact) mass is 614 g/mol. The van der Waals surface area contributed by atoms with Gasteiger partial charge < -0.3 is 14.4 Å². The SMILES string of the molecule is CN1CCN(CCOc2ccn3c(-c4cc(OCc5ccc(-c6cnn(C)c6)cc5)nc(Cc5ccccc5)n4)cnc3c2)CC1. The van der Waals surface area contributed by atoms with Crippen LogP contribution in [0, 0.1) is 0 Å². The van der Waals surface area contributed by atoms with E-state index < -0.39 is 0 Å². The Bertz CT molecular complexity index is 1890. The van der Waals surface area contributed by atoms with Gasteiger partial charge in [-0.05, 0) is 29.8 Å². The summed E-state index contributed by atoms with van der Waals surface area (Å²) in [6.45, 7) is 6.32. The van der Waals surface area contributed by atoms with Crippen molar-refractivity contribution in [1.82, 2.24) is 38.9 Å². The van der Waals surface area contributed by atoms with Gasteiger partial charge in [-0.15, -0.1) is 0 Å². The van der Waals surface area contributed by atoms with Crippen LogP contribution < -0.4 is 9.47 Å². The largest absolute Gasteiger partial charge is 0.492 e. The lowest BCUT2D eigenvalue weighted by Crippen LogP contribution is -2.45. The second kappa shape index (κ2) is 13.5. The maximum atomic E-state index is 6.27. The van der Waals surface area contributed by atoms with Crippen molar-refractivity contribution in [3.05, 3.63) is 115 Å². The molecule has 0 N–H and O–H groups in total. The van der Waals surface area contributed by atoms with E-state index in [1.165, 1.54) is 0 Å². The van der Waals surface area contributed by atoms with Crippen molar-refractivity contribution in [2.75, 3.05) is 46.4 Å². The van der Waals surface area contributed by atoms with Gasteiger partial charge in [0.25, 0.3) is 0 Å². The summed E-state index contributed by atoms with van der Waals surface area (Å²) in [5, 5.41) is 4.27. The van der Waals surface area contributed by atoms with Crippen LogP contribution in [0.4, 0.5) is 0 Å². The Morgan fingerprint density at radius 1 is 0.783 bits per heavy atom. The van der Waals surface area contributed by atoms with Crippen LogP contribution in [0.2, 0.25) is 0 Å². The van der Waals surface area contributed by atoms with Crippen molar-refractivity contribution in [2.24, 2.45) is 7.05 Å². The van der Waals surface area contributed by atoms with Gasteiger partial charge in [0.2, 0.25) is 5.88 Å².